The largest absolute Gasteiger partial charge is 0.434 e. The van der Waals surface area contributed by atoms with E-state index in [1.165, 1.54) is 6.07 Å². The second-order valence-corrected chi connectivity index (χ2v) is 5.39. The standard InChI is InChI=1S/C18H22FN3O/c1-5-10-22(11-6-2)17-21-18(3,9-12-23-17)15-13-14(20-4)7-8-16(15)19/h5-9,12-13,20H,1-2,10-11H2,3-4H3/t18-/m0/s1. The normalized spacial score (nSPS) is 19.5. The number of amidine groups is 1. The van der Waals surface area contributed by atoms with E-state index in [4.69, 9.17) is 4.74 Å². The summed E-state index contributed by atoms with van der Waals surface area (Å²) >= 11 is 0. The minimum Gasteiger partial charge on any atom is -0.434 e. The molecule has 0 bridgehead atoms. The van der Waals surface area contributed by atoms with Gasteiger partial charge in [0.15, 0.2) is 0 Å². The van der Waals surface area contributed by atoms with E-state index < -0.39 is 5.54 Å². The number of benzene rings is 1. The first-order valence-electron chi connectivity index (χ1n) is 7.43. The Bertz CT molecular complexity index is 644. The molecule has 0 saturated carbocycles. The Morgan fingerprint density at radius 3 is 2.65 bits per heavy atom. The number of rotatable bonds is 6. The zero-order valence-corrected chi connectivity index (χ0v) is 13.6. The summed E-state index contributed by atoms with van der Waals surface area (Å²) in [6.45, 7) is 10.4. The van der Waals surface area contributed by atoms with Crippen molar-refractivity contribution in [1.29, 1.82) is 0 Å². The molecule has 0 saturated heterocycles. The first-order chi connectivity index (χ1) is 11.0. The molecule has 1 heterocycles. The molecule has 5 heteroatoms. The van der Waals surface area contributed by atoms with Gasteiger partial charge in [-0.25, -0.2) is 9.38 Å². The maximum Gasteiger partial charge on any atom is 0.294 e. The van der Waals surface area contributed by atoms with E-state index in [1.54, 1.807) is 43.7 Å². The second kappa shape index (κ2) is 7.13. The van der Waals surface area contributed by atoms with Crippen LogP contribution in [-0.2, 0) is 10.3 Å². The molecule has 0 amide bonds. The quantitative estimate of drug-likeness (QED) is 0.814. The van der Waals surface area contributed by atoms with E-state index in [-0.39, 0.29) is 5.82 Å². The SMILES string of the molecule is C=CCN(CC=C)C1=N[C@](C)(c2cc(NC)ccc2F)C=CO1. The van der Waals surface area contributed by atoms with Gasteiger partial charge in [0.05, 0.1) is 6.26 Å². The Morgan fingerprint density at radius 1 is 1.35 bits per heavy atom. The third-order valence-electron chi connectivity index (χ3n) is 3.66. The van der Waals surface area contributed by atoms with Crippen molar-refractivity contribution in [3.8, 4) is 0 Å². The van der Waals surface area contributed by atoms with Crippen molar-refractivity contribution in [2.45, 2.75) is 12.5 Å². The molecule has 0 spiro atoms. The number of hydrogen-bond donors (Lipinski definition) is 1. The van der Waals surface area contributed by atoms with Crippen LogP contribution < -0.4 is 5.32 Å². The molecule has 0 aliphatic carbocycles. The van der Waals surface area contributed by atoms with Gasteiger partial charge in [0.25, 0.3) is 6.02 Å². The number of halogens is 1. The summed E-state index contributed by atoms with van der Waals surface area (Å²) < 4.78 is 19.9. The van der Waals surface area contributed by atoms with Crippen molar-refractivity contribution in [2.75, 3.05) is 25.5 Å². The molecule has 1 aromatic rings. The summed E-state index contributed by atoms with van der Waals surface area (Å²) in [5.74, 6) is -0.305. The van der Waals surface area contributed by atoms with E-state index in [0.717, 1.165) is 5.69 Å². The smallest absolute Gasteiger partial charge is 0.294 e. The predicted molar refractivity (Wildman–Crippen MR) is 92.9 cm³/mol. The van der Waals surface area contributed by atoms with Crippen LogP contribution in [0.4, 0.5) is 10.1 Å². The van der Waals surface area contributed by atoms with Crippen LogP contribution in [0.25, 0.3) is 0 Å². The fourth-order valence-corrected chi connectivity index (χ4v) is 2.40. The van der Waals surface area contributed by atoms with Crippen LogP contribution in [0, 0.1) is 5.82 Å². The van der Waals surface area contributed by atoms with Crippen molar-refractivity contribution in [2.24, 2.45) is 4.99 Å². The Kier molecular flexibility index (Phi) is 5.21. The van der Waals surface area contributed by atoms with E-state index in [0.29, 0.717) is 24.7 Å². The molecule has 122 valence electrons. The van der Waals surface area contributed by atoms with Gasteiger partial charge in [-0.05, 0) is 31.2 Å². The molecule has 0 radical (unpaired) electrons. The van der Waals surface area contributed by atoms with Crippen LogP contribution in [0.15, 0.2) is 60.8 Å². The molecule has 23 heavy (non-hydrogen) atoms. The second-order valence-electron chi connectivity index (χ2n) is 5.39. The van der Waals surface area contributed by atoms with Gasteiger partial charge in [0.1, 0.15) is 11.4 Å². The maximum absolute atomic E-state index is 14.3. The lowest BCUT2D eigenvalue weighted by Crippen LogP contribution is -2.37. The van der Waals surface area contributed by atoms with Crippen molar-refractivity contribution in [3.63, 3.8) is 0 Å². The minimum atomic E-state index is -0.842. The highest BCUT2D eigenvalue weighted by atomic mass is 19.1. The summed E-state index contributed by atoms with van der Waals surface area (Å²) in [6.07, 6.45) is 6.81. The van der Waals surface area contributed by atoms with Gasteiger partial charge in [-0.2, -0.15) is 0 Å². The van der Waals surface area contributed by atoms with Gasteiger partial charge in [0, 0.05) is 31.4 Å². The minimum absolute atomic E-state index is 0.305. The Morgan fingerprint density at radius 2 is 2.04 bits per heavy atom. The van der Waals surface area contributed by atoms with Gasteiger partial charge in [-0.1, -0.05) is 12.2 Å². The first kappa shape index (κ1) is 16.8. The lowest BCUT2D eigenvalue weighted by molar-refractivity contribution is 0.318. The molecule has 1 N–H and O–H groups in total. The maximum atomic E-state index is 14.3. The molecule has 1 aromatic carbocycles. The molecular weight excluding hydrogens is 293 g/mol. The molecule has 1 atom stereocenters. The van der Waals surface area contributed by atoms with E-state index in [9.17, 15) is 4.39 Å². The zero-order chi connectivity index (χ0) is 16.9. The summed E-state index contributed by atoms with van der Waals surface area (Å²) in [6, 6.07) is 5.31. The lowest BCUT2D eigenvalue weighted by atomic mass is 9.91. The lowest BCUT2D eigenvalue weighted by Gasteiger charge is -2.31. The van der Waals surface area contributed by atoms with Gasteiger partial charge >= 0.3 is 0 Å². The Labute approximate surface area is 136 Å². The molecule has 1 aliphatic rings. The van der Waals surface area contributed by atoms with Gasteiger partial charge in [-0.3, -0.25) is 0 Å². The number of hydrogen-bond acceptors (Lipinski definition) is 4. The first-order valence-corrected chi connectivity index (χ1v) is 7.43. The molecule has 1 aliphatic heterocycles. The average Bonchev–Trinajstić information content (AvgIpc) is 2.55. The molecular formula is C18H22FN3O. The number of ether oxygens (including phenoxy) is 1. The van der Waals surface area contributed by atoms with Crippen molar-refractivity contribution >= 4 is 11.7 Å². The Balaban J connectivity index is 2.43. The van der Waals surface area contributed by atoms with Crippen molar-refractivity contribution in [3.05, 3.63) is 67.2 Å². The van der Waals surface area contributed by atoms with Crippen molar-refractivity contribution in [1.82, 2.24) is 4.90 Å². The highest BCUT2D eigenvalue weighted by Crippen LogP contribution is 2.33. The monoisotopic (exact) mass is 315 g/mol. The molecule has 0 fully saturated rings. The molecule has 4 nitrogen and oxygen atoms in total. The average molecular weight is 315 g/mol. The topological polar surface area (TPSA) is 36.9 Å². The van der Waals surface area contributed by atoms with Crippen LogP contribution in [0.3, 0.4) is 0 Å². The fourth-order valence-electron chi connectivity index (χ4n) is 2.40. The predicted octanol–water partition coefficient (Wildman–Crippen LogP) is 3.66. The van der Waals surface area contributed by atoms with Crippen LogP contribution in [0.1, 0.15) is 12.5 Å². The third-order valence-corrected chi connectivity index (χ3v) is 3.66. The van der Waals surface area contributed by atoms with Gasteiger partial charge in [-0.15, -0.1) is 13.2 Å². The molecule has 0 unspecified atom stereocenters. The third kappa shape index (κ3) is 3.62. The Hall–Kier alpha value is -2.56. The number of nitrogens with zero attached hydrogens (tertiary/aromatic N) is 2. The molecule has 2 rings (SSSR count). The van der Waals surface area contributed by atoms with Crippen LogP contribution in [0.5, 0.6) is 0 Å². The molecule has 0 aromatic heterocycles. The van der Waals surface area contributed by atoms with E-state index >= 15 is 0 Å². The van der Waals surface area contributed by atoms with Crippen LogP contribution in [-0.4, -0.2) is 31.1 Å². The summed E-state index contributed by atoms with van der Waals surface area (Å²) in [5.41, 5.74) is 0.470. The summed E-state index contributed by atoms with van der Waals surface area (Å²) in [7, 11) is 1.80. The van der Waals surface area contributed by atoms with Crippen molar-refractivity contribution < 1.29 is 9.13 Å². The van der Waals surface area contributed by atoms with Gasteiger partial charge < -0.3 is 15.0 Å². The highest BCUT2D eigenvalue weighted by Gasteiger charge is 2.31. The summed E-state index contributed by atoms with van der Waals surface area (Å²) in [4.78, 5) is 6.50. The number of aliphatic imine (C=N–C) groups is 1. The number of anilines is 1. The van der Waals surface area contributed by atoms with Crippen LogP contribution in [0.2, 0.25) is 0 Å². The zero-order valence-electron chi connectivity index (χ0n) is 13.6. The van der Waals surface area contributed by atoms with Gasteiger partial charge in [0.2, 0.25) is 0 Å². The fraction of sp³-hybridized carbons (Fsp3) is 0.278. The number of nitrogens with one attached hydrogen (secondary N) is 1. The van der Waals surface area contributed by atoms with Crippen LogP contribution >= 0.6 is 0 Å². The van der Waals surface area contributed by atoms with E-state index in [2.05, 4.69) is 23.5 Å². The highest BCUT2D eigenvalue weighted by molar-refractivity contribution is 5.77. The summed E-state index contributed by atoms with van der Waals surface area (Å²) in [5, 5.41) is 3.02. The van der Waals surface area contributed by atoms with E-state index in [1.807, 2.05) is 11.8 Å².